The molecule has 0 saturated carbocycles. The van der Waals surface area contributed by atoms with Crippen LogP contribution in [0.15, 0.2) is 6.20 Å². The fraction of sp³-hybridized carbons (Fsp3) is 0.636. The van der Waals surface area contributed by atoms with Crippen molar-refractivity contribution in [1.29, 1.82) is 0 Å². The number of aryl methyl sites for hydroxylation is 1. The minimum Gasteiger partial charge on any atom is -0.294 e. The smallest absolute Gasteiger partial charge is 0.163 e. The number of hydrogen-bond donors (Lipinski definition) is 0. The predicted molar refractivity (Wildman–Crippen MR) is 58.7 cm³/mol. The van der Waals surface area contributed by atoms with Gasteiger partial charge in [0.15, 0.2) is 5.78 Å². The van der Waals surface area contributed by atoms with Gasteiger partial charge in [0.1, 0.15) is 0 Å². The van der Waals surface area contributed by atoms with Crippen LogP contribution >= 0.6 is 0 Å². The highest BCUT2D eigenvalue weighted by Gasteiger charge is 2.09. The molecule has 14 heavy (non-hydrogen) atoms. The van der Waals surface area contributed by atoms with Gasteiger partial charge < -0.3 is 0 Å². The second kappa shape index (κ2) is 5.58. The third-order valence-corrected chi connectivity index (χ3v) is 1.83. The van der Waals surface area contributed by atoms with E-state index >= 15 is 0 Å². The van der Waals surface area contributed by atoms with Crippen LogP contribution in [0.25, 0.3) is 0 Å². The molecule has 0 radical (unpaired) electrons. The van der Waals surface area contributed by atoms with Gasteiger partial charge in [-0.25, -0.2) is 0 Å². The van der Waals surface area contributed by atoms with Crippen LogP contribution in [0.2, 0.25) is 0 Å². The minimum absolute atomic E-state index is 0.0828. The zero-order valence-electron chi connectivity index (χ0n) is 9.96. The van der Waals surface area contributed by atoms with E-state index in [9.17, 15) is 4.79 Å². The van der Waals surface area contributed by atoms with Gasteiger partial charge in [-0.1, -0.05) is 13.8 Å². The second-order valence-electron chi connectivity index (χ2n) is 3.26. The molecule has 3 nitrogen and oxygen atoms in total. The summed E-state index contributed by atoms with van der Waals surface area (Å²) >= 11 is 0. The maximum Gasteiger partial charge on any atom is 0.163 e. The summed E-state index contributed by atoms with van der Waals surface area (Å²) in [5.74, 6) is 0.0828. The molecule has 1 heterocycles. The van der Waals surface area contributed by atoms with Gasteiger partial charge in [0.2, 0.25) is 0 Å². The monoisotopic (exact) mass is 196 g/mol. The van der Waals surface area contributed by atoms with Gasteiger partial charge in [-0.3, -0.25) is 9.48 Å². The zero-order chi connectivity index (χ0) is 11.3. The number of aromatic nitrogens is 2. The van der Waals surface area contributed by atoms with Gasteiger partial charge in [-0.15, -0.1) is 0 Å². The van der Waals surface area contributed by atoms with E-state index in [-0.39, 0.29) is 5.78 Å². The molecular formula is C11H20N2O. The van der Waals surface area contributed by atoms with Crippen LogP contribution in [0.5, 0.6) is 0 Å². The van der Waals surface area contributed by atoms with Crippen molar-refractivity contribution in [2.75, 3.05) is 0 Å². The predicted octanol–water partition coefficient (Wildman–Crippen LogP) is 3.00. The van der Waals surface area contributed by atoms with E-state index in [1.54, 1.807) is 6.92 Å². The Labute approximate surface area is 86.1 Å². The zero-order valence-corrected chi connectivity index (χ0v) is 9.96. The molecule has 1 aromatic heterocycles. The van der Waals surface area contributed by atoms with E-state index in [1.807, 2.05) is 45.5 Å². The first-order chi connectivity index (χ1) is 6.52. The van der Waals surface area contributed by atoms with Crippen LogP contribution in [-0.2, 0) is 0 Å². The molecule has 0 saturated heterocycles. The third kappa shape index (κ3) is 2.98. The molecule has 0 unspecified atom stereocenters. The fourth-order valence-electron chi connectivity index (χ4n) is 1.09. The first-order valence-electron chi connectivity index (χ1n) is 5.09. The number of hydrogen-bond acceptors (Lipinski definition) is 2. The van der Waals surface area contributed by atoms with Gasteiger partial charge in [0.25, 0.3) is 0 Å². The molecule has 0 fully saturated rings. The minimum atomic E-state index is 0.0828. The van der Waals surface area contributed by atoms with Gasteiger partial charge >= 0.3 is 0 Å². The van der Waals surface area contributed by atoms with Gasteiger partial charge in [-0.2, -0.15) is 5.10 Å². The van der Waals surface area contributed by atoms with Crippen molar-refractivity contribution in [3.63, 3.8) is 0 Å². The normalized spacial score (nSPS) is 9.64. The summed E-state index contributed by atoms with van der Waals surface area (Å²) in [6.07, 6.45) is 1.81. The maximum atomic E-state index is 11.0. The Kier molecular flexibility index (Phi) is 5.13. The maximum absolute atomic E-state index is 11.0. The molecular weight excluding hydrogens is 176 g/mol. The van der Waals surface area contributed by atoms with E-state index in [0.29, 0.717) is 6.04 Å². The molecule has 0 atom stereocenters. The van der Waals surface area contributed by atoms with Crippen LogP contribution in [0.3, 0.4) is 0 Å². The Bertz CT molecular complexity index is 300. The number of ketones is 1. The standard InChI is InChI=1S/C9H14N2O.C2H6/c1-6(2)11-5-9(8(4)12)7(3)10-11;1-2/h5-6H,1-4H3;1-2H3. The van der Waals surface area contributed by atoms with Gasteiger partial charge in [0.05, 0.1) is 11.3 Å². The Morgan fingerprint density at radius 3 is 2.14 bits per heavy atom. The molecule has 1 aromatic rings. The molecule has 0 aromatic carbocycles. The van der Waals surface area contributed by atoms with E-state index in [4.69, 9.17) is 0 Å². The first-order valence-corrected chi connectivity index (χ1v) is 5.09. The largest absolute Gasteiger partial charge is 0.294 e. The Morgan fingerprint density at radius 1 is 1.43 bits per heavy atom. The summed E-state index contributed by atoms with van der Waals surface area (Å²) in [7, 11) is 0. The van der Waals surface area contributed by atoms with Gasteiger partial charge in [0, 0.05) is 12.2 Å². The van der Waals surface area contributed by atoms with Crippen LogP contribution < -0.4 is 0 Å². The van der Waals surface area contributed by atoms with Crippen LogP contribution in [0, 0.1) is 6.92 Å². The van der Waals surface area contributed by atoms with Crippen molar-refractivity contribution in [2.45, 2.75) is 47.6 Å². The molecule has 80 valence electrons. The number of carbonyl (C=O) groups excluding carboxylic acids is 1. The van der Waals surface area contributed by atoms with E-state index in [1.165, 1.54) is 0 Å². The average Bonchev–Trinajstić information content (AvgIpc) is 2.51. The Hall–Kier alpha value is -1.12. The summed E-state index contributed by atoms with van der Waals surface area (Å²) in [5.41, 5.74) is 1.54. The highest BCUT2D eigenvalue weighted by atomic mass is 16.1. The average molecular weight is 196 g/mol. The topological polar surface area (TPSA) is 34.9 Å². The molecule has 1 rings (SSSR count). The quantitative estimate of drug-likeness (QED) is 0.681. The summed E-state index contributed by atoms with van der Waals surface area (Å²) in [6.45, 7) is 11.5. The lowest BCUT2D eigenvalue weighted by atomic mass is 10.2. The molecule has 0 bridgehead atoms. The van der Waals surface area contributed by atoms with Crippen LogP contribution in [0.1, 0.15) is 56.7 Å². The molecule has 0 N–H and O–H groups in total. The van der Waals surface area contributed by atoms with Crippen molar-refractivity contribution in [3.8, 4) is 0 Å². The van der Waals surface area contributed by atoms with Crippen LogP contribution in [-0.4, -0.2) is 15.6 Å². The van der Waals surface area contributed by atoms with E-state index in [2.05, 4.69) is 5.10 Å². The second-order valence-corrected chi connectivity index (χ2v) is 3.26. The summed E-state index contributed by atoms with van der Waals surface area (Å²) in [5, 5.41) is 4.23. The number of Topliss-reactive ketones (excluding diaryl/α,β-unsaturated/α-hetero) is 1. The lowest BCUT2D eigenvalue weighted by Crippen LogP contribution is -2.00. The summed E-state index contributed by atoms with van der Waals surface area (Å²) in [4.78, 5) is 11.0. The molecule has 0 aliphatic carbocycles. The molecule has 3 heteroatoms. The van der Waals surface area contributed by atoms with Crippen molar-refractivity contribution < 1.29 is 4.79 Å². The lowest BCUT2D eigenvalue weighted by molar-refractivity contribution is 0.101. The molecule has 0 aliphatic rings. The SMILES string of the molecule is CC.CC(=O)c1cn(C(C)C)nc1C. The van der Waals surface area contributed by atoms with Crippen molar-refractivity contribution in [1.82, 2.24) is 9.78 Å². The van der Waals surface area contributed by atoms with E-state index in [0.717, 1.165) is 11.3 Å². The Balaban J connectivity index is 0.000000791. The van der Waals surface area contributed by atoms with Crippen molar-refractivity contribution in [2.24, 2.45) is 0 Å². The molecule has 0 spiro atoms. The number of rotatable bonds is 2. The summed E-state index contributed by atoms with van der Waals surface area (Å²) in [6, 6.07) is 0.316. The number of nitrogens with zero attached hydrogens (tertiary/aromatic N) is 2. The van der Waals surface area contributed by atoms with Crippen molar-refractivity contribution >= 4 is 5.78 Å². The fourth-order valence-corrected chi connectivity index (χ4v) is 1.09. The molecule has 0 aliphatic heterocycles. The molecule has 0 amide bonds. The number of carbonyl (C=O) groups is 1. The van der Waals surface area contributed by atoms with E-state index < -0.39 is 0 Å². The first kappa shape index (κ1) is 12.9. The van der Waals surface area contributed by atoms with Crippen molar-refractivity contribution in [3.05, 3.63) is 17.5 Å². The van der Waals surface area contributed by atoms with Gasteiger partial charge in [-0.05, 0) is 27.7 Å². The van der Waals surface area contributed by atoms with Crippen LogP contribution in [0.4, 0.5) is 0 Å². The highest BCUT2D eigenvalue weighted by Crippen LogP contribution is 2.10. The third-order valence-electron chi connectivity index (χ3n) is 1.83. The lowest BCUT2D eigenvalue weighted by Gasteiger charge is -2.02. The summed E-state index contributed by atoms with van der Waals surface area (Å²) < 4.78 is 1.81. The highest BCUT2D eigenvalue weighted by molar-refractivity contribution is 5.94. The Morgan fingerprint density at radius 2 is 1.93 bits per heavy atom.